The number of rotatable bonds is 4. The molecule has 4 aliphatic rings. The number of hydrogen-bond donors (Lipinski definition) is 3. The van der Waals surface area contributed by atoms with Crippen molar-refractivity contribution in [3.63, 3.8) is 0 Å². The molecule has 2 saturated heterocycles. The molecule has 1 aromatic heterocycles. The molecule has 9 nitrogen and oxygen atoms in total. The third kappa shape index (κ3) is 4.62. The van der Waals surface area contributed by atoms with Crippen molar-refractivity contribution in [2.75, 3.05) is 30.4 Å². The molecule has 5 rings (SSSR count). The number of amides is 4. The van der Waals surface area contributed by atoms with Crippen molar-refractivity contribution in [2.24, 2.45) is 11.8 Å². The predicted octanol–water partition coefficient (Wildman–Crippen LogP) is 3.41. The number of aromatic nitrogens is 1. The summed E-state index contributed by atoms with van der Waals surface area (Å²) in [7, 11) is 0. The Labute approximate surface area is 206 Å². The quantitative estimate of drug-likeness (QED) is 0.608. The summed E-state index contributed by atoms with van der Waals surface area (Å²) in [6, 6.07) is 1.14. The van der Waals surface area contributed by atoms with E-state index in [2.05, 4.69) is 34.8 Å². The van der Waals surface area contributed by atoms with Gasteiger partial charge in [-0.15, -0.1) is 0 Å². The van der Waals surface area contributed by atoms with Crippen molar-refractivity contribution in [1.82, 2.24) is 15.2 Å². The third-order valence-corrected chi connectivity index (χ3v) is 8.61. The van der Waals surface area contributed by atoms with Crippen LogP contribution in [0.25, 0.3) is 0 Å². The first kappa shape index (κ1) is 24.0. The van der Waals surface area contributed by atoms with Crippen molar-refractivity contribution in [3.8, 4) is 0 Å². The number of carbonyl (C=O) groups is 3. The number of fused-ring (bicyclic) bond motifs is 2. The first-order valence-corrected chi connectivity index (χ1v) is 13.1. The minimum atomic E-state index is -0.616. The van der Waals surface area contributed by atoms with Crippen LogP contribution in [-0.4, -0.2) is 59.6 Å². The SMILES string of the molecule is CC1CCC([C@H](NC(=O)N2CCC[C@@H]2C)C(=O)Nc2cc3c(cn2)C2(CCOCC2)C(=O)N3)CC1. The lowest BCUT2D eigenvalue weighted by molar-refractivity contribution is -0.124. The molecule has 3 fully saturated rings. The molecule has 0 aromatic carbocycles. The fraction of sp³-hybridized carbons (Fsp3) is 0.692. The van der Waals surface area contributed by atoms with Crippen LogP contribution in [0.1, 0.15) is 70.8 Å². The van der Waals surface area contributed by atoms with Gasteiger partial charge in [0, 0.05) is 43.6 Å². The summed E-state index contributed by atoms with van der Waals surface area (Å²) in [5, 5.41) is 8.98. The topological polar surface area (TPSA) is 113 Å². The van der Waals surface area contributed by atoms with Crippen LogP contribution in [0.5, 0.6) is 0 Å². The number of ether oxygens (including phenoxy) is 1. The molecule has 3 aliphatic heterocycles. The molecule has 2 atom stereocenters. The number of pyridine rings is 1. The van der Waals surface area contributed by atoms with E-state index in [0.717, 1.165) is 50.6 Å². The molecule has 1 saturated carbocycles. The van der Waals surface area contributed by atoms with Crippen molar-refractivity contribution in [3.05, 3.63) is 17.8 Å². The molecule has 4 amide bonds. The van der Waals surface area contributed by atoms with Crippen molar-refractivity contribution < 1.29 is 19.1 Å². The van der Waals surface area contributed by atoms with Gasteiger partial charge in [-0.25, -0.2) is 9.78 Å². The Hall–Kier alpha value is -2.68. The third-order valence-electron chi connectivity index (χ3n) is 8.61. The Kier molecular flexibility index (Phi) is 6.70. The molecule has 1 aliphatic carbocycles. The number of anilines is 2. The molecule has 1 spiro atoms. The molecule has 190 valence electrons. The summed E-state index contributed by atoms with van der Waals surface area (Å²) in [6.45, 7) is 6.11. The largest absolute Gasteiger partial charge is 0.381 e. The molecule has 3 N–H and O–H groups in total. The van der Waals surface area contributed by atoms with Crippen molar-refractivity contribution in [1.29, 1.82) is 0 Å². The zero-order chi connectivity index (χ0) is 24.6. The van der Waals surface area contributed by atoms with E-state index in [1.807, 2.05) is 4.90 Å². The summed E-state index contributed by atoms with van der Waals surface area (Å²) < 4.78 is 5.47. The van der Waals surface area contributed by atoms with Crippen LogP contribution in [0.2, 0.25) is 0 Å². The second kappa shape index (κ2) is 9.76. The summed E-state index contributed by atoms with van der Waals surface area (Å²) in [5.74, 6) is 0.845. The van der Waals surface area contributed by atoms with Gasteiger partial charge in [0.25, 0.3) is 0 Å². The number of nitrogens with zero attached hydrogens (tertiary/aromatic N) is 2. The summed E-state index contributed by atoms with van der Waals surface area (Å²) in [6.07, 6.45) is 8.87. The van der Waals surface area contributed by atoms with Crippen LogP contribution >= 0.6 is 0 Å². The molecule has 0 unspecified atom stereocenters. The van der Waals surface area contributed by atoms with Crippen LogP contribution in [0.4, 0.5) is 16.3 Å². The van der Waals surface area contributed by atoms with Gasteiger partial charge >= 0.3 is 6.03 Å². The smallest absolute Gasteiger partial charge is 0.318 e. The Morgan fingerprint density at radius 2 is 1.91 bits per heavy atom. The van der Waals surface area contributed by atoms with Crippen molar-refractivity contribution in [2.45, 2.75) is 82.7 Å². The monoisotopic (exact) mass is 483 g/mol. The van der Waals surface area contributed by atoms with Crippen LogP contribution in [0.3, 0.4) is 0 Å². The van der Waals surface area contributed by atoms with Crippen molar-refractivity contribution >= 4 is 29.4 Å². The Morgan fingerprint density at radius 1 is 1.17 bits per heavy atom. The number of nitrogens with one attached hydrogen (secondary N) is 3. The average molecular weight is 484 g/mol. The van der Waals surface area contributed by atoms with Gasteiger partial charge in [0.2, 0.25) is 11.8 Å². The Balaban J connectivity index is 1.33. The van der Waals surface area contributed by atoms with Gasteiger partial charge in [-0.05, 0) is 57.3 Å². The molecule has 4 heterocycles. The molecule has 0 bridgehead atoms. The second-order valence-corrected chi connectivity index (χ2v) is 10.9. The van der Waals surface area contributed by atoms with Gasteiger partial charge < -0.3 is 25.6 Å². The first-order valence-electron chi connectivity index (χ1n) is 13.1. The first-order chi connectivity index (χ1) is 16.9. The summed E-state index contributed by atoms with van der Waals surface area (Å²) in [5.41, 5.74) is 0.975. The normalized spacial score (nSPS) is 28.3. The van der Waals surface area contributed by atoms with Crippen LogP contribution in [0.15, 0.2) is 12.3 Å². The van der Waals surface area contributed by atoms with Gasteiger partial charge in [0.15, 0.2) is 0 Å². The minimum Gasteiger partial charge on any atom is -0.381 e. The fourth-order valence-corrected chi connectivity index (χ4v) is 6.26. The lowest BCUT2D eigenvalue weighted by Crippen LogP contribution is -2.53. The molecule has 9 heteroatoms. The van der Waals surface area contributed by atoms with Gasteiger partial charge in [0.05, 0.1) is 11.1 Å². The van der Waals surface area contributed by atoms with E-state index in [1.54, 1.807) is 12.3 Å². The van der Waals surface area contributed by atoms with Crippen LogP contribution in [0, 0.1) is 11.8 Å². The van der Waals surface area contributed by atoms with E-state index in [0.29, 0.717) is 43.5 Å². The second-order valence-electron chi connectivity index (χ2n) is 10.9. The van der Waals surface area contributed by atoms with E-state index in [4.69, 9.17) is 4.74 Å². The summed E-state index contributed by atoms with van der Waals surface area (Å²) >= 11 is 0. The van der Waals surface area contributed by atoms with Crippen LogP contribution in [-0.2, 0) is 19.7 Å². The molecule has 0 radical (unpaired) electrons. The number of urea groups is 1. The van der Waals surface area contributed by atoms with E-state index >= 15 is 0 Å². The number of likely N-dealkylation sites (tertiary alicyclic amines) is 1. The predicted molar refractivity (Wildman–Crippen MR) is 132 cm³/mol. The number of carbonyl (C=O) groups excluding carboxylic acids is 3. The van der Waals surface area contributed by atoms with E-state index in [9.17, 15) is 14.4 Å². The van der Waals surface area contributed by atoms with Gasteiger partial charge in [0.1, 0.15) is 11.9 Å². The molecular formula is C26H37N5O4. The molecule has 35 heavy (non-hydrogen) atoms. The van der Waals surface area contributed by atoms with Gasteiger partial charge in [-0.2, -0.15) is 0 Å². The van der Waals surface area contributed by atoms with E-state index in [-0.39, 0.29) is 29.8 Å². The van der Waals surface area contributed by atoms with Gasteiger partial charge in [-0.1, -0.05) is 19.8 Å². The number of hydrogen-bond acceptors (Lipinski definition) is 5. The summed E-state index contributed by atoms with van der Waals surface area (Å²) in [4.78, 5) is 45.7. The van der Waals surface area contributed by atoms with E-state index in [1.165, 1.54) is 0 Å². The highest BCUT2D eigenvalue weighted by molar-refractivity contribution is 6.07. The zero-order valence-corrected chi connectivity index (χ0v) is 20.8. The average Bonchev–Trinajstić information content (AvgIpc) is 3.39. The minimum absolute atomic E-state index is 0.0257. The lowest BCUT2D eigenvalue weighted by Gasteiger charge is -2.34. The highest BCUT2D eigenvalue weighted by atomic mass is 16.5. The fourth-order valence-electron chi connectivity index (χ4n) is 6.26. The lowest BCUT2D eigenvalue weighted by atomic mass is 9.76. The van der Waals surface area contributed by atoms with E-state index < -0.39 is 11.5 Å². The standard InChI is InChI=1S/C26H37N5O4/c1-16-5-7-18(8-6-16)22(30-25(34)31-11-3-4-17(31)2)23(32)29-21-14-20-19(15-27-21)26(24(33)28-20)9-12-35-13-10-26/h14-18,22H,3-13H2,1-2H3,(H,28,33)(H,30,34)(H,27,29,32)/t16?,17-,18?,22-/m0/s1. The molecular weight excluding hydrogens is 446 g/mol. The maximum atomic E-state index is 13.5. The van der Waals surface area contributed by atoms with Crippen LogP contribution < -0.4 is 16.0 Å². The molecule has 1 aromatic rings. The maximum absolute atomic E-state index is 13.5. The highest BCUT2D eigenvalue weighted by Gasteiger charge is 2.48. The zero-order valence-electron chi connectivity index (χ0n) is 20.8. The van der Waals surface area contributed by atoms with Gasteiger partial charge in [-0.3, -0.25) is 9.59 Å². The Morgan fingerprint density at radius 3 is 2.60 bits per heavy atom. The maximum Gasteiger partial charge on any atom is 0.318 e. The highest BCUT2D eigenvalue weighted by Crippen LogP contribution is 2.44. The Bertz CT molecular complexity index is 984.